The highest BCUT2D eigenvalue weighted by molar-refractivity contribution is 7.89. The molecule has 0 amide bonds. The average Bonchev–Trinajstić information content (AvgIpc) is 3.24. The highest BCUT2D eigenvalue weighted by Gasteiger charge is 2.33. The van der Waals surface area contributed by atoms with E-state index < -0.39 is 26.9 Å². The van der Waals surface area contributed by atoms with Crippen LogP contribution in [0.5, 0.6) is 0 Å². The van der Waals surface area contributed by atoms with E-state index in [0.29, 0.717) is 32.2 Å². The molecular formula is C21H23N3O8S. The molecule has 1 aliphatic heterocycles. The predicted molar refractivity (Wildman–Crippen MR) is 116 cm³/mol. The SMILES string of the molecule is O=C(O)C(=O)O.O=[N+]([O-])c1ccc(S(=O)(=O)N2CCN(C3Cc4ccccc4C3)CC2)cc1. The number of carboxylic acid groups (broad SMARTS) is 2. The lowest BCUT2D eigenvalue weighted by Crippen LogP contribution is -2.52. The number of rotatable bonds is 4. The zero-order valence-corrected chi connectivity index (χ0v) is 18.3. The summed E-state index contributed by atoms with van der Waals surface area (Å²) in [5.41, 5.74) is 2.67. The van der Waals surface area contributed by atoms with Crippen molar-refractivity contribution in [3.63, 3.8) is 0 Å². The highest BCUT2D eigenvalue weighted by atomic mass is 32.2. The first kappa shape index (κ1) is 24.3. The minimum absolute atomic E-state index is 0.106. The fourth-order valence-corrected chi connectivity index (χ4v) is 5.41. The molecule has 0 atom stereocenters. The summed E-state index contributed by atoms with van der Waals surface area (Å²) in [5, 5.41) is 25.5. The van der Waals surface area contributed by atoms with Gasteiger partial charge in [-0.25, -0.2) is 18.0 Å². The van der Waals surface area contributed by atoms with Crippen molar-refractivity contribution in [2.45, 2.75) is 23.8 Å². The Morgan fingerprint density at radius 2 is 1.36 bits per heavy atom. The minimum atomic E-state index is -3.62. The topological polar surface area (TPSA) is 158 Å². The number of fused-ring (bicyclic) bond motifs is 1. The van der Waals surface area contributed by atoms with Crippen LogP contribution >= 0.6 is 0 Å². The van der Waals surface area contributed by atoms with Gasteiger partial charge in [-0.2, -0.15) is 4.31 Å². The van der Waals surface area contributed by atoms with Gasteiger partial charge in [-0.15, -0.1) is 0 Å². The molecule has 0 saturated carbocycles. The van der Waals surface area contributed by atoms with E-state index in [0.717, 1.165) is 12.8 Å². The van der Waals surface area contributed by atoms with Crippen molar-refractivity contribution in [3.8, 4) is 0 Å². The Labute approximate surface area is 190 Å². The Morgan fingerprint density at radius 1 is 0.879 bits per heavy atom. The Hall–Kier alpha value is -3.35. The van der Waals surface area contributed by atoms with E-state index in [4.69, 9.17) is 19.8 Å². The van der Waals surface area contributed by atoms with E-state index in [1.165, 1.54) is 39.7 Å². The van der Waals surface area contributed by atoms with Crippen LogP contribution in [-0.2, 0) is 32.5 Å². The molecule has 1 saturated heterocycles. The van der Waals surface area contributed by atoms with Crippen LogP contribution in [0, 0.1) is 10.1 Å². The summed E-state index contributed by atoms with van der Waals surface area (Å²) in [7, 11) is -3.62. The summed E-state index contributed by atoms with van der Waals surface area (Å²) in [6, 6.07) is 14.0. The molecule has 2 aromatic carbocycles. The van der Waals surface area contributed by atoms with Crippen LogP contribution in [0.25, 0.3) is 0 Å². The van der Waals surface area contributed by atoms with Gasteiger partial charge in [0.25, 0.3) is 5.69 Å². The molecule has 0 spiro atoms. The van der Waals surface area contributed by atoms with Gasteiger partial charge in [-0.05, 0) is 36.1 Å². The van der Waals surface area contributed by atoms with E-state index in [1.54, 1.807) is 0 Å². The largest absolute Gasteiger partial charge is 0.473 e. The molecule has 1 fully saturated rings. The molecule has 0 radical (unpaired) electrons. The van der Waals surface area contributed by atoms with Crippen LogP contribution in [0.4, 0.5) is 5.69 Å². The molecule has 4 rings (SSSR count). The van der Waals surface area contributed by atoms with Gasteiger partial charge < -0.3 is 10.2 Å². The van der Waals surface area contributed by atoms with Gasteiger partial charge in [0.05, 0.1) is 9.82 Å². The highest BCUT2D eigenvalue weighted by Crippen LogP contribution is 2.27. The zero-order valence-electron chi connectivity index (χ0n) is 17.5. The molecule has 2 aromatic rings. The normalized spacial score (nSPS) is 17.0. The number of nitro benzene ring substituents is 1. The van der Waals surface area contributed by atoms with Crippen molar-refractivity contribution >= 4 is 27.6 Å². The quantitative estimate of drug-likeness (QED) is 0.375. The number of non-ortho nitro benzene ring substituents is 1. The lowest BCUT2D eigenvalue weighted by molar-refractivity contribution is -0.384. The van der Waals surface area contributed by atoms with Crippen molar-refractivity contribution in [2.75, 3.05) is 26.2 Å². The third-order valence-electron chi connectivity index (χ3n) is 5.69. The van der Waals surface area contributed by atoms with Crippen molar-refractivity contribution in [1.29, 1.82) is 0 Å². The van der Waals surface area contributed by atoms with Gasteiger partial charge >= 0.3 is 11.9 Å². The maximum absolute atomic E-state index is 12.8. The van der Waals surface area contributed by atoms with Crippen LogP contribution in [0.3, 0.4) is 0 Å². The Balaban J connectivity index is 0.000000454. The van der Waals surface area contributed by atoms with Crippen molar-refractivity contribution in [2.24, 2.45) is 0 Å². The van der Waals surface area contributed by atoms with Gasteiger partial charge in [0.15, 0.2) is 0 Å². The first-order valence-corrected chi connectivity index (χ1v) is 11.5. The number of benzene rings is 2. The molecule has 11 nitrogen and oxygen atoms in total. The number of sulfonamides is 1. The van der Waals surface area contributed by atoms with E-state index in [9.17, 15) is 18.5 Å². The predicted octanol–water partition coefficient (Wildman–Crippen LogP) is 1.22. The van der Waals surface area contributed by atoms with Crippen LogP contribution in [-0.4, -0.2) is 76.9 Å². The number of nitro groups is 1. The summed E-state index contributed by atoms with van der Waals surface area (Å²) in [5.74, 6) is -3.65. The smallest absolute Gasteiger partial charge is 0.414 e. The lowest BCUT2D eigenvalue weighted by Gasteiger charge is -2.37. The molecule has 1 aliphatic carbocycles. The van der Waals surface area contributed by atoms with Gasteiger partial charge in [0.1, 0.15) is 0 Å². The monoisotopic (exact) mass is 477 g/mol. The van der Waals surface area contributed by atoms with Crippen LogP contribution in [0.1, 0.15) is 11.1 Å². The summed E-state index contributed by atoms with van der Waals surface area (Å²) >= 11 is 0. The first-order valence-electron chi connectivity index (χ1n) is 10.1. The second-order valence-electron chi connectivity index (χ2n) is 7.63. The molecule has 1 heterocycles. The number of nitrogens with zero attached hydrogens (tertiary/aromatic N) is 3. The summed E-state index contributed by atoms with van der Waals surface area (Å²) in [6.45, 7) is 2.27. The van der Waals surface area contributed by atoms with Crippen LogP contribution < -0.4 is 0 Å². The number of carboxylic acids is 2. The summed E-state index contributed by atoms with van der Waals surface area (Å²) in [4.78, 5) is 30.9. The second kappa shape index (κ2) is 10.1. The number of aliphatic carboxylic acids is 2. The maximum atomic E-state index is 12.8. The van der Waals surface area contributed by atoms with Gasteiger partial charge in [0, 0.05) is 44.4 Å². The fraction of sp³-hybridized carbons (Fsp3) is 0.333. The minimum Gasteiger partial charge on any atom is -0.473 e. The Bertz CT molecular complexity index is 1110. The molecule has 176 valence electrons. The number of hydrogen-bond acceptors (Lipinski definition) is 7. The number of piperazine rings is 1. The van der Waals surface area contributed by atoms with E-state index in [-0.39, 0.29) is 10.6 Å². The zero-order chi connectivity index (χ0) is 24.2. The second-order valence-corrected chi connectivity index (χ2v) is 9.57. The molecular weight excluding hydrogens is 454 g/mol. The molecule has 0 bridgehead atoms. The van der Waals surface area contributed by atoms with Crippen LogP contribution in [0.15, 0.2) is 53.4 Å². The van der Waals surface area contributed by atoms with Gasteiger partial charge in [-0.3, -0.25) is 15.0 Å². The van der Waals surface area contributed by atoms with Crippen molar-refractivity contribution in [3.05, 3.63) is 69.8 Å². The average molecular weight is 477 g/mol. The summed E-state index contributed by atoms with van der Waals surface area (Å²) in [6.07, 6.45) is 2.04. The van der Waals surface area contributed by atoms with Gasteiger partial charge in [0.2, 0.25) is 10.0 Å². The molecule has 2 N–H and O–H groups in total. The standard InChI is InChI=1S/C19H21N3O4S.C2H2O4/c23-22(24)17-5-7-19(8-6-17)27(25,26)21-11-9-20(10-12-21)18-13-15-3-1-2-4-16(15)14-18;3-1(4)2(5)6/h1-8,18H,9-14H2;(H,3,4)(H,5,6). The number of hydrogen-bond donors (Lipinski definition) is 2. The summed E-state index contributed by atoms with van der Waals surface area (Å²) < 4.78 is 27.1. The first-order chi connectivity index (χ1) is 15.6. The van der Waals surface area contributed by atoms with Crippen molar-refractivity contribution < 1.29 is 33.1 Å². The van der Waals surface area contributed by atoms with Crippen molar-refractivity contribution in [1.82, 2.24) is 9.21 Å². The Kier molecular flexibility index (Phi) is 7.41. The van der Waals surface area contributed by atoms with Gasteiger partial charge in [-0.1, -0.05) is 24.3 Å². The number of carbonyl (C=O) groups is 2. The Morgan fingerprint density at radius 3 is 1.79 bits per heavy atom. The molecule has 0 unspecified atom stereocenters. The third kappa shape index (κ3) is 5.72. The lowest BCUT2D eigenvalue weighted by atomic mass is 10.1. The molecule has 12 heteroatoms. The van der Waals surface area contributed by atoms with E-state index >= 15 is 0 Å². The van der Waals surface area contributed by atoms with Crippen LogP contribution in [0.2, 0.25) is 0 Å². The molecule has 2 aliphatic rings. The van der Waals surface area contributed by atoms with E-state index in [1.807, 2.05) is 0 Å². The molecule has 0 aromatic heterocycles. The third-order valence-corrected chi connectivity index (χ3v) is 7.60. The van der Waals surface area contributed by atoms with E-state index in [2.05, 4.69) is 29.2 Å². The maximum Gasteiger partial charge on any atom is 0.414 e. The fourth-order valence-electron chi connectivity index (χ4n) is 3.99. The molecule has 33 heavy (non-hydrogen) atoms.